The molecule has 23 heavy (non-hydrogen) atoms. The summed E-state index contributed by atoms with van der Waals surface area (Å²) in [7, 11) is 0. The van der Waals surface area contributed by atoms with Gasteiger partial charge >= 0.3 is 0 Å². The number of anilines is 1. The fraction of sp³-hybridized carbons (Fsp3) is 0.562. The Kier molecular flexibility index (Phi) is 3.98. The van der Waals surface area contributed by atoms with E-state index < -0.39 is 0 Å². The first-order valence-corrected chi connectivity index (χ1v) is 9.14. The molecule has 4 rings (SSSR count). The lowest BCUT2D eigenvalue weighted by Gasteiger charge is -2.38. The second kappa shape index (κ2) is 6.13. The van der Waals surface area contributed by atoms with Crippen LogP contribution in [0.25, 0.3) is 11.5 Å². The molecule has 0 saturated carbocycles. The Morgan fingerprint density at radius 3 is 3.17 bits per heavy atom. The fourth-order valence-electron chi connectivity index (χ4n) is 3.31. The summed E-state index contributed by atoms with van der Waals surface area (Å²) in [6.07, 6.45) is 4.95. The van der Waals surface area contributed by atoms with Crippen LogP contribution in [0.2, 0.25) is 0 Å². The maximum Gasteiger partial charge on any atom is 0.261 e. The Balaban J connectivity index is 1.55. The molecular formula is C16H20N4O2S. The smallest absolute Gasteiger partial charge is 0.261 e. The molecule has 1 spiro atoms. The van der Waals surface area contributed by atoms with Gasteiger partial charge < -0.3 is 14.6 Å². The van der Waals surface area contributed by atoms with Gasteiger partial charge in [-0.1, -0.05) is 5.16 Å². The zero-order chi connectivity index (χ0) is 15.7. The van der Waals surface area contributed by atoms with Crippen LogP contribution in [0.1, 0.15) is 25.1 Å². The van der Waals surface area contributed by atoms with Gasteiger partial charge in [0.05, 0.1) is 11.2 Å². The topological polar surface area (TPSA) is 73.1 Å². The minimum absolute atomic E-state index is 0.0522. The molecule has 6 nitrogen and oxygen atoms in total. The summed E-state index contributed by atoms with van der Waals surface area (Å²) in [6, 6.07) is 4.21. The number of hydrogen-bond acceptors (Lipinski definition) is 7. The monoisotopic (exact) mass is 332 g/mol. The first-order valence-electron chi connectivity index (χ1n) is 7.98. The predicted molar refractivity (Wildman–Crippen MR) is 89.5 cm³/mol. The summed E-state index contributed by atoms with van der Waals surface area (Å²) >= 11 is 1.99. The van der Waals surface area contributed by atoms with Crippen molar-refractivity contribution in [3.8, 4) is 11.5 Å². The fourth-order valence-corrected chi connectivity index (χ4v) is 4.69. The Bertz CT molecular complexity index is 684. The van der Waals surface area contributed by atoms with Gasteiger partial charge in [-0.05, 0) is 44.1 Å². The van der Waals surface area contributed by atoms with Crippen molar-refractivity contribution in [3.63, 3.8) is 0 Å². The molecule has 2 aromatic rings. The molecule has 0 bridgehead atoms. The van der Waals surface area contributed by atoms with Gasteiger partial charge in [0.1, 0.15) is 5.82 Å². The van der Waals surface area contributed by atoms with E-state index in [1.807, 2.05) is 30.8 Å². The second-order valence-corrected chi connectivity index (χ2v) is 7.32. The first-order chi connectivity index (χ1) is 11.2. The van der Waals surface area contributed by atoms with Crippen molar-refractivity contribution in [2.75, 3.05) is 23.4 Å². The van der Waals surface area contributed by atoms with Crippen LogP contribution in [0, 0.1) is 6.92 Å². The van der Waals surface area contributed by atoms with Gasteiger partial charge in [-0.2, -0.15) is 16.7 Å². The lowest BCUT2D eigenvalue weighted by Crippen LogP contribution is -2.44. The van der Waals surface area contributed by atoms with E-state index in [1.54, 1.807) is 6.20 Å². The van der Waals surface area contributed by atoms with E-state index in [9.17, 15) is 0 Å². The number of hydrogen-bond donors (Lipinski definition) is 1. The Morgan fingerprint density at radius 2 is 2.39 bits per heavy atom. The van der Waals surface area contributed by atoms with Crippen LogP contribution in [0.4, 0.5) is 5.82 Å². The van der Waals surface area contributed by atoms with E-state index in [1.165, 1.54) is 5.75 Å². The highest BCUT2D eigenvalue weighted by Gasteiger charge is 2.40. The first kappa shape index (κ1) is 15.0. The van der Waals surface area contributed by atoms with Gasteiger partial charge in [0.25, 0.3) is 5.89 Å². The summed E-state index contributed by atoms with van der Waals surface area (Å²) < 4.78 is 11.4. The summed E-state index contributed by atoms with van der Waals surface area (Å²) in [5, 5.41) is 7.45. The van der Waals surface area contributed by atoms with Crippen LogP contribution in [-0.2, 0) is 4.74 Å². The number of ether oxygens (including phenoxy) is 1. The molecule has 2 saturated heterocycles. The van der Waals surface area contributed by atoms with Gasteiger partial charge in [-0.15, -0.1) is 0 Å². The number of nitrogens with zero attached hydrogens (tertiary/aromatic N) is 3. The van der Waals surface area contributed by atoms with Crippen molar-refractivity contribution in [2.45, 2.75) is 37.8 Å². The van der Waals surface area contributed by atoms with E-state index in [0.717, 1.165) is 43.0 Å². The Labute approximate surface area is 139 Å². The third-order valence-electron chi connectivity index (χ3n) is 4.47. The zero-order valence-electron chi connectivity index (χ0n) is 13.1. The predicted octanol–water partition coefficient (Wildman–Crippen LogP) is 2.91. The molecule has 2 atom stereocenters. The molecular weight excluding hydrogens is 312 g/mol. The highest BCUT2D eigenvalue weighted by molar-refractivity contribution is 7.99. The number of aromatic nitrogens is 3. The van der Waals surface area contributed by atoms with E-state index >= 15 is 0 Å². The SMILES string of the molecule is Cc1noc(-c2cccnc2NC2CCOC3(CCSC3)C2)n1. The number of pyridine rings is 1. The average molecular weight is 332 g/mol. The largest absolute Gasteiger partial charge is 0.374 e. The van der Waals surface area contributed by atoms with Gasteiger partial charge in [0, 0.05) is 24.6 Å². The molecule has 0 aromatic carbocycles. The maximum absolute atomic E-state index is 6.09. The normalized spacial score (nSPS) is 27.4. The number of thioether (sulfide) groups is 1. The third kappa shape index (κ3) is 3.07. The Morgan fingerprint density at radius 1 is 1.43 bits per heavy atom. The molecule has 0 aliphatic carbocycles. The molecule has 0 radical (unpaired) electrons. The lowest BCUT2D eigenvalue weighted by atomic mass is 9.90. The molecule has 2 aromatic heterocycles. The van der Waals surface area contributed by atoms with Crippen molar-refractivity contribution in [2.24, 2.45) is 0 Å². The van der Waals surface area contributed by atoms with Crippen molar-refractivity contribution in [1.82, 2.24) is 15.1 Å². The van der Waals surface area contributed by atoms with Crippen molar-refractivity contribution in [1.29, 1.82) is 0 Å². The van der Waals surface area contributed by atoms with Crippen LogP contribution in [0.3, 0.4) is 0 Å². The van der Waals surface area contributed by atoms with Crippen LogP contribution in [0.15, 0.2) is 22.9 Å². The summed E-state index contributed by atoms with van der Waals surface area (Å²) in [5.74, 6) is 4.24. The second-order valence-electron chi connectivity index (χ2n) is 6.21. The maximum atomic E-state index is 6.09. The molecule has 0 amide bonds. The number of nitrogens with one attached hydrogen (secondary N) is 1. The van der Waals surface area contributed by atoms with Crippen molar-refractivity contribution in [3.05, 3.63) is 24.2 Å². The molecule has 2 aliphatic heterocycles. The van der Waals surface area contributed by atoms with Crippen LogP contribution >= 0.6 is 11.8 Å². The third-order valence-corrected chi connectivity index (χ3v) is 5.69. The molecule has 2 aliphatic rings. The van der Waals surface area contributed by atoms with Gasteiger partial charge in [-0.3, -0.25) is 0 Å². The molecule has 1 N–H and O–H groups in total. The average Bonchev–Trinajstić information content (AvgIpc) is 3.18. The zero-order valence-corrected chi connectivity index (χ0v) is 13.9. The van der Waals surface area contributed by atoms with Crippen molar-refractivity contribution < 1.29 is 9.26 Å². The van der Waals surface area contributed by atoms with E-state index in [-0.39, 0.29) is 5.60 Å². The highest BCUT2D eigenvalue weighted by atomic mass is 32.2. The molecule has 2 fully saturated rings. The van der Waals surface area contributed by atoms with Gasteiger partial charge in [0.15, 0.2) is 5.82 Å². The molecule has 2 unspecified atom stereocenters. The number of rotatable bonds is 3. The summed E-state index contributed by atoms with van der Waals surface area (Å²) in [5.41, 5.74) is 0.908. The highest BCUT2D eigenvalue weighted by Crippen LogP contribution is 2.39. The van der Waals surface area contributed by atoms with Crippen LogP contribution in [0.5, 0.6) is 0 Å². The molecule has 4 heterocycles. The van der Waals surface area contributed by atoms with Gasteiger partial charge in [-0.25, -0.2) is 4.98 Å². The van der Waals surface area contributed by atoms with E-state index in [0.29, 0.717) is 17.8 Å². The number of aryl methyl sites for hydroxylation is 1. The molecule has 7 heteroatoms. The van der Waals surface area contributed by atoms with E-state index in [4.69, 9.17) is 9.26 Å². The van der Waals surface area contributed by atoms with Crippen molar-refractivity contribution >= 4 is 17.6 Å². The summed E-state index contributed by atoms with van der Waals surface area (Å²) in [6.45, 7) is 2.62. The standard InChI is InChI=1S/C16H20N4O2S/c1-11-18-15(22-20-11)13-3-2-6-17-14(13)19-12-4-7-21-16(9-12)5-8-23-10-16/h2-3,6,12H,4-5,7-10H2,1H3,(H,17,19). The van der Waals surface area contributed by atoms with Gasteiger partial charge in [0.2, 0.25) is 0 Å². The minimum Gasteiger partial charge on any atom is -0.374 e. The van der Waals surface area contributed by atoms with Crippen LogP contribution in [-0.4, -0.2) is 44.9 Å². The van der Waals surface area contributed by atoms with Crippen LogP contribution < -0.4 is 5.32 Å². The quantitative estimate of drug-likeness (QED) is 0.926. The molecule has 122 valence electrons. The minimum atomic E-state index is 0.0522. The summed E-state index contributed by atoms with van der Waals surface area (Å²) in [4.78, 5) is 8.81. The Hall–Kier alpha value is -1.60. The van der Waals surface area contributed by atoms with E-state index in [2.05, 4.69) is 20.4 Å². The lowest BCUT2D eigenvalue weighted by molar-refractivity contribution is -0.0628.